The molecule has 2 heterocycles. The molecule has 0 radical (unpaired) electrons. The van der Waals surface area contributed by atoms with Gasteiger partial charge in [0.05, 0.1) is 6.04 Å². The van der Waals surface area contributed by atoms with E-state index in [1.807, 2.05) is 0 Å². The molecule has 0 aromatic carbocycles. The first kappa shape index (κ1) is 14.3. The summed E-state index contributed by atoms with van der Waals surface area (Å²) in [6, 6.07) is -0.0559. The lowest BCUT2D eigenvalue weighted by Gasteiger charge is -2.39. The fourth-order valence-electron chi connectivity index (χ4n) is 2.91. The molecule has 0 aliphatic carbocycles. The minimum Gasteiger partial charge on any atom is -0.328 e. The van der Waals surface area contributed by atoms with Crippen molar-refractivity contribution in [1.29, 1.82) is 0 Å². The Balaban J connectivity index is 2.11. The van der Waals surface area contributed by atoms with Crippen LogP contribution >= 0.6 is 0 Å². The number of piperidine rings is 1. The Morgan fingerprint density at radius 3 is 2.32 bits per heavy atom. The summed E-state index contributed by atoms with van der Waals surface area (Å²) in [4.78, 5) is 28.2. The Hall–Kier alpha value is -1.14. The minimum atomic E-state index is -0.689. The topological polar surface area (TPSA) is 78.7 Å². The molecule has 0 aromatic heterocycles. The monoisotopic (exact) mass is 268 g/mol. The summed E-state index contributed by atoms with van der Waals surface area (Å²) in [5.74, 6) is -0.0983. The first-order valence-electron chi connectivity index (χ1n) is 7.01. The van der Waals surface area contributed by atoms with E-state index in [0.29, 0.717) is 25.4 Å². The van der Waals surface area contributed by atoms with Crippen molar-refractivity contribution in [2.45, 2.75) is 51.2 Å². The van der Waals surface area contributed by atoms with Crippen LogP contribution in [0.15, 0.2) is 0 Å². The Morgan fingerprint density at radius 2 is 1.84 bits per heavy atom. The number of nitrogens with two attached hydrogens (primary N) is 1. The Kier molecular flexibility index (Phi) is 3.82. The van der Waals surface area contributed by atoms with E-state index in [1.165, 1.54) is 4.90 Å². The van der Waals surface area contributed by atoms with E-state index in [4.69, 9.17) is 5.73 Å². The number of urea groups is 1. The van der Waals surface area contributed by atoms with E-state index in [1.54, 1.807) is 6.92 Å². The van der Waals surface area contributed by atoms with Crippen molar-refractivity contribution in [3.05, 3.63) is 0 Å². The second-order valence-corrected chi connectivity index (χ2v) is 5.90. The van der Waals surface area contributed by atoms with Crippen LogP contribution in [0.4, 0.5) is 4.79 Å². The van der Waals surface area contributed by atoms with Crippen LogP contribution in [0.25, 0.3) is 0 Å². The molecule has 1 unspecified atom stereocenters. The summed E-state index contributed by atoms with van der Waals surface area (Å²) in [5, 5.41) is 2.90. The SMILES string of the molecule is CC(C)N1CCC2(CC1)NC(=O)N(C(C)CN)C2=O. The first-order chi connectivity index (χ1) is 8.91. The molecule has 19 heavy (non-hydrogen) atoms. The molecule has 2 rings (SSSR count). The van der Waals surface area contributed by atoms with Crippen molar-refractivity contribution in [2.24, 2.45) is 5.73 Å². The summed E-state index contributed by atoms with van der Waals surface area (Å²) in [7, 11) is 0. The molecule has 0 bridgehead atoms. The van der Waals surface area contributed by atoms with E-state index in [9.17, 15) is 9.59 Å². The summed E-state index contributed by atoms with van der Waals surface area (Å²) in [5.41, 5.74) is 4.89. The van der Waals surface area contributed by atoms with Gasteiger partial charge in [0.15, 0.2) is 0 Å². The van der Waals surface area contributed by atoms with Gasteiger partial charge >= 0.3 is 6.03 Å². The number of nitrogens with one attached hydrogen (secondary N) is 1. The van der Waals surface area contributed by atoms with Crippen LogP contribution in [0, 0.1) is 0 Å². The van der Waals surface area contributed by atoms with Gasteiger partial charge in [-0.05, 0) is 33.6 Å². The van der Waals surface area contributed by atoms with Crippen LogP contribution in [-0.4, -0.2) is 59.0 Å². The van der Waals surface area contributed by atoms with Gasteiger partial charge in [-0.1, -0.05) is 0 Å². The van der Waals surface area contributed by atoms with Crippen LogP contribution in [0.5, 0.6) is 0 Å². The highest BCUT2D eigenvalue weighted by Crippen LogP contribution is 2.30. The molecule has 3 N–H and O–H groups in total. The molecule has 2 saturated heterocycles. The second-order valence-electron chi connectivity index (χ2n) is 5.90. The third-order valence-corrected chi connectivity index (χ3v) is 4.36. The lowest BCUT2D eigenvalue weighted by atomic mass is 9.87. The second kappa shape index (κ2) is 5.09. The highest BCUT2D eigenvalue weighted by atomic mass is 16.2. The van der Waals surface area contributed by atoms with Gasteiger partial charge in [-0.15, -0.1) is 0 Å². The van der Waals surface area contributed by atoms with Crippen molar-refractivity contribution in [3.63, 3.8) is 0 Å². The summed E-state index contributed by atoms with van der Waals surface area (Å²) in [6.07, 6.45) is 1.37. The number of hydrogen-bond acceptors (Lipinski definition) is 4. The fraction of sp³-hybridized carbons (Fsp3) is 0.846. The van der Waals surface area contributed by atoms with Crippen molar-refractivity contribution in [1.82, 2.24) is 15.1 Å². The Labute approximate surface area is 114 Å². The molecule has 3 amide bonds. The highest BCUT2D eigenvalue weighted by molar-refractivity contribution is 6.07. The number of amides is 3. The fourth-order valence-corrected chi connectivity index (χ4v) is 2.91. The van der Waals surface area contributed by atoms with Crippen LogP contribution < -0.4 is 11.1 Å². The predicted octanol–water partition coefficient (Wildman–Crippen LogP) is 0.128. The number of nitrogens with zero attached hydrogens (tertiary/aromatic N) is 2. The smallest absolute Gasteiger partial charge is 0.325 e. The summed E-state index contributed by atoms with van der Waals surface area (Å²) >= 11 is 0. The lowest BCUT2D eigenvalue weighted by Crippen LogP contribution is -2.56. The molecular weight excluding hydrogens is 244 g/mol. The third kappa shape index (κ3) is 2.34. The average Bonchev–Trinajstić information content (AvgIpc) is 2.61. The van der Waals surface area contributed by atoms with Crippen molar-refractivity contribution in [2.75, 3.05) is 19.6 Å². The van der Waals surface area contributed by atoms with E-state index in [0.717, 1.165) is 13.1 Å². The van der Waals surface area contributed by atoms with Crippen molar-refractivity contribution < 1.29 is 9.59 Å². The normalized spacial score (nSPS) is 25.2. The quantitative estimate of drug-likeness (QED) is 0.713. The molecule has 0 aromatic rings. The van der Waals surface area contributed by atoms with Gasteiger partial charge in [0, 0.05) is 25.7 Å². The first-order valence-corrected chi connectivity index (χ1v) is 7.01. The molecule has 108 valence electrons. The van der Waals surface area contributed by atoms with Crippen molar-refractivity contribution in [3.8, 4) is 0 Å². The van der Waals surface area contributed by atoms with Crippen LogP contribution in [-0.2, 0) is 4.79 Å². The maximum atomic E-state index is 12.5. The molecule has 2 fully saturated rings. The minimum absolute atomic E-state index is 0.0983. The standard InChI is InChI=1S/C13H24N4O2/c1-9(2)16-6-4-13(5-7-16)11(18)17(10(3)8-14)12(19)15-13/h9-10H,4-8,14H2,1-3H3,(H,15,19). The number of carbonyl (C=O) groups is 2. The van der Waals surface area contributed by atoms with E-state index in [-0.39, 0.29) is 18.0 Å². The van der Waals surface area contributed by atoms with E-state index < -0.39 is 5.54 Å². The van der Waals surface area contributed by atoms with Gasteiger partial charge in [-0.2, -0.15) is 0 Å². The number of imide groups is 1. The molecule has 2 aliphatic rings. The Morgan fingerprint density at radius 1 is 1.26 bits per heavy atom. The van der Waals surface area contributed by atoms with Crippen LogP contribution in [0.3, 0.4) is 0 Å². The van der Waals surface area contributed by atoms with E-state index in [2.05, 4.69) is 24.1 Å². The molecule has 1 atom stereocenters. The maximum absolute atomic E-state index is 12.5. The van der Waals surface area contributed by atoms with Crippen molar-refractivity contribution >= 4 is 11.9 Å². The van der Waals surface area contributed by atoms with Crippen LogP contribution in [0.2, 0.25) is 0 Å². The molecule has 0 saturated carbocycles. The largest absolute Gasteiger partial charge is 0.328 e. The number of hydrogen-bond donors (Lipinski definition) is 2. The summed E-state index contributed by atoms with van der Waals surface area (Å²) < 4.78 is 0. The lowest BCUT2D eigenvalue weighted by molar-refractivity contribution is -0.134. The molecular formula is C13H24N4O2. The van der Waals surface area contributed by atoms with Gasteiger partial charge in [0.25, 0.3) is 5.91 Å². The van der Waals surface area contributed by atoms with E-state index >= 15 is 0 Å². The number of carbonyl (C=O) groups excluding carboxylic acids is 2. The van der Waals surface area contributed by atoms with Gasteiger partial charge in [0.2, 0.25) is 0 Å². The predicted molar refractivity (Wildman–Crippen MR) is 72.6 cm³/mol. The zero-order valence-electron chi connectivity index (χ0n) is 12.0. The number of likely N-dealkylation sites (tertiary alicyclic amines) is 1. The molecule has 1 spiro atoms. The maximum Gasteiger partial charge on any atom is 0.325 e. The number of rotatable bonds is 3. The van der Waals surface area contributed by atoms with Gasteiger partial charge in [-0.25, -0.2) is 4.79 Å². The van der Waals surface area contributed by atoms with Gasteiger partial charge in [0.1, 0.15) is 5.54 Å². The summed E-state index contributed by atoms with van der Waals surface area (Å²) in [6.45, 7) is 8.09. The third-order valence-electron chi connectivity index (χ3n) is 4.36. The zero-order chi connectivity index (χ0) is 14.2. The molecule has 2 aliphatic heterocycles. The van der Waals surface area contributed by atoms with Gasteiger partial charge in [-0.3, -0.25) is 9.69 Å². The average molecular weight is 268 g/mol. The highest BCUT2D eigenvalue weighted by Gasteiger charge is 2.53. The molecule has 6 heteroatoms. The van der Waals surface area contributed by atoms with Gasteiger partial charge < -0.3 is 16.0 Å². The Bertz CT molecular complexity index is 375. The van der Waals surface area contributed by atoms with Crippen LogP contribution in [0.1, 0.15) is 33.6 Å². The molecule has 6 nitrogen and oxygen atoms in total. The zero-order valence-corrected chi connectivity index (χ0v) is 12.0.